The summed E-state index contributed by atoms with van der Waals surface area (Å²) in [5, 5.41) is 20.6. The largest absolute Gasteiger partial charge is 0.459 e. The van der Waals surface area contributed by atoms with E-state index in [4.69, 9.17) is 14.2 Å². The van der Waals surface area contributed by atoms with Crippen LogP contribution in [0, 0.1) is 0 Å². The highest BCUT2D eigenvalue weighted by Gasteiger charge is 2.54. The SMILES string of the molecule is CCCCCCC(O)CC1CC(O)CC2(CC3OC(=O)CCC3O2)O1. The van der Waals surface area contributed by atoms with Crippen molar-refractivity contribution in [1.82, 2.24) is 0 Å². The first-order valence-electron chi connectivity index (χ1n) is 9.91. The van der Waals surface area contributed by atoms with Crippen LogP contribution in [0.4, 0.5) is 0 Å². The van der Waals surface area contributed by atoms with E-state index >= 15 is 0 Å². The van der Waals surface area contributed by atoms with E-state index in [-0.39, 0.29) is 24.3 Å². The zero-order valence-electron chi connectivity index (χ0n) is 15.2. The van der Waals surface area contributed by atoms with Crippen LogP contribution >= 0.6 is 0 Å². The highest BCUT2D eigenvalue weighted by molar-refractivity contribution is 5.70. The van der Waals surface area contributed by atoms with Gasteiger partial charge in [0.1, 0.15) is 6.10 Å². The minimum absolute atomic E-state index is 0.136. The Hall–Kier alpha value is -0.690. The molecule has 0 amide bonds. The van der Waals surface area contributed by atoms with E-state index in [2.05, 4.69) is 6.92 Å². The van der Waals surface area contributed by atoms with Crippen LogP contribution in [0.5, 0.6) is 0 Å². The molecule has 0 aliphatic carbocycles. The third-order valence-electron chi connectivity index (χ3n) is 5.60. The molecule has 6 heteroatoms. The van der Waals surface area contributed by atoms with Gasteiger partial charge in [-0.15, -0.1) is 0 Å². The normalized spacial score (nSPS) is 39.2. The smallest absolute Gasteiger partial charge is 0.306 e. The van der Waals surface area contributed by atoms with E-state index in [1.165, 1.54) is 12.8 Å². The molecule has 25 heavy (non-hydrogen) atoms. The van der Waals surface area contributed by atoms with Crippen molar-refractivity contribution in [3.8, 4) is 0 Å². The van der Waals surface area contributed by atoms with Gasteiger partial charge in [0, 0.05) is 19.3 Å². The van der Waals surface area contributed by atoms with Gasteiger partial charge in [-0.2, -0.15) is 0 Å². The number of aliphatic hydroxyl groups is 2. The molecule has 2 N–H and O–H groups in total. The van der Waals surface area contributed by atoms with E-state index < -0.39 is 18.0 Å². The summed E-state index contributed by atoms with van der Waals surface area (Å²) >= 11 is 0. The maximum atomic E-state index is 11.5. The van der Waals surface area contributed by atoms with Gasteiger partial charge in [0.05, 0.1) is 24.4 Å². The van der Waals surface area contributed by atoms with Crippen molar-refractivity contribution >= 4 is 5.97 Å². The summed E-state index contributed by atoms with van der Waals surface area (Å²) < 4.78 is 17.7. The molecule has 0 radical (unpaired) electrons. The first-order valence-corrected chi connectivity index (χ1v) is 9.91. The number of unbranched alkanes of at least 4 members (excludes halogenated alkanes) is 3. The second-order valence-corrected chi connectivity index (χ2v) is 7.91. The monoisotopic (exact) mass is 356 g/mol. The lowest BCUT2D eigenvalue weighted by Crippen LogP contribution is -2.47. The van der Waals surface area contributed by atoms with Crippen LogP contribution in [0.2, 0.25) is 0 Å². The summed E-state index contributed by atoms with van der Waals surface area (Å²) in [4.78, 5) is 11.5. The van der Waals surface area contributed by atoms with Gasteiger partial charge in [-0.25, -0.2) is 0 Å². The lowest BCUT2D eigenvalue weighted by atomic mass is 9.91. The number of carbonyl (C=O) groups is 1. The van der Waals surface area contributed by atoms with E-state index in [0.29, 0.717) is 38.5 Å². The van der Waals surface area contributed by atoms with Gasteiger partial charge in [0.25, 0.3) is 0 Å². The van der Waals surface area contributed by atoms with Gasteiger partial charge >= 0.3 is 5.97 Å². The summed E-state index contributed by atoms with van der Waals surface area (Å²) in [6, 6.07) is 0. The zero-order valence-corrected chi connectivity index (χ0v) is 15.2. The second-order valence-electron chi connectivity index (χ2n) is 7.91. The predicted octanol–water partition coefficient (Wildman–Crippen LogP) is 2.44. The number of rotatable bonds is 7. The van der Waals surface area contributed by atoms with Crippen molar-refractivity contribution in [2.45, 2.75) is 114 Å². The maximum absolute atomic E-state index is 11.5. The number of esters is 1. The highest BCUT2D eigenvalue weighted by atomic mass is 16.7. The average molecular weight is 356 g/mol. The van der Waals surface area contributed by atoms with Crippen LogP contribution in [-0.2, 0) is 19.0 Å². The standard InChI is InChI=1S/C19H32O6/c1-2-3-4-5-6-13(20)9-15-10-14(21)11-19(24-15)12-17-16(25-19)7-8-18(22)23-17/h13-17,20-21H,2-12H2,1H3. The molecule has 1 spiro atoms. The summed E-state index contributed by atoms with van der Waals surface area (Å²) in [7, 11) is 0. The lowest BCUT2D eigenvalue weighted by Gasteiger charge is -2.41. The quantitative estimate of drug-likeness (QED) is 0.538. The molecule has 3 rings (SSSR count). The van der Waals surface area contributed by atoms with E-state index in [9.17, 15) is 15.0 Å². The van der Waals surface area contributed by atoms with Crippen LogP contribution in [-0.4, -0.2) is 52.5 Å². The predicted molar refractivity (Wildman–Crippen MR) is 90.8 cm³/mol. The number of carbonyl (C=O) groups excluding carboxylic acids is 1. The van der Waals surface area contributed by atoms with Gasteiger partial charge < -0.3 is 24.4 Å². The molecule has 3 aliphatic heterocycles. The molecule has 0 aromatic carbocycles. The molecule has 6 atom stereocenters. The fourth-order valence-electron chi connectivity index (χ4n) is 4.41. The first-order chi connectivity index (χ1) is 12.0. The molecule has 3 fully saturated rings. The molecule has 0 saturated carbocycles. The lowest BCUT2D eigenvalue weighted by molar-refractivity contribution is -0.290. The molecule has 3 heterocycles. The van der Waals surface area contributed by atoms with Crippen LogP contribution in [0.25, 0.3) is 0 Å². The van der Waals surface area contributed by atoms with Crippen LogP contribution in [0.3, 0.4) is 0 Å². The van der Waals surface area contributed by atoms with Crippen molar-refractivity contribution in [2.24, 2.45) is 0 Å². The fraction of sp³-hybridized carbons (Fsp3) is 0.947. The number of ether oxygens (including phenoxy) is 3. The van der Waals surface area contributed by atoms with Crippen molar-refractivity contribution in [3.63, 3.8) is 0 Å². The molecule has 6 unspecified atom stereocenters. The maximum Gasteiger partial charge on any atom is 0.306 e. The minimum Gasteiger partial charge on any atom is -0.459 e. The Bertz CT molecular complexity index is 455. The Morgan fingerprint density at radius 2 is 2.04 bits per heavy atom. The van der Waals surface area contributed by atoms with Gasteiger partial charge in [0.2, 0.25) is 0 Å². The highest BCUT2D eigenvalue weighted by Crippen LogP contribution is 2.45. The Balaban J connectivity index is 1.52. The van der Waals surface area contributed by atoms with Crippen LogP contribution < -0.4 is 0 Å². The van der Waals surface area contributed by atoms with Crippen molar-refractivity contribution in [3.05, 3.63) is 0 Å². The Kier molecular flexibility index (Phi) is 6.36. The Morgan fingerprint density at radius 3 is 2.84 bits per heavy atom. The summed E-state index contributed by atoms with van der Waals surface area (Å²) in [6.45, 7) is 2.17. The molecule has 0 bridgehead atoms. The number of aliphatic hydroxyl groups excluding tert-OH is 2. The minimum atomic E-state index is -0.871. The fourth-order valence-corrected chi connectivity index (χ4v) is 4.41. The molecular weight excluding hydrogens is 324 g/mol. The molecule has 144 valence electrons. The number of fused-ring (bicyclic) bond motifs is 1. The number of hydrogen-bond acceptors (Lipinski definition) is 6. The van der Waals surface area contributed by atoms with Crippen molar-refractivity contribution in [1.29, 1.82) is 0 Å². The average Bonchev–Trinajstić information content (AvgIpc) is 2.86. The van der Waals surface area contributed by atoms with Crippen LogP contribution in [0.15, 0.2) is 0 Å². The summed E-state index contributed by atoms with van der Waals surface area (Å²) in [5.74, 6) is -1.05. The van der Waals surface area contributed by atoms with Gasteiger partial charge in [-0.05, 0) is 25.7 Å². The first kappa shape index (κ1) is 19.1. The van der Waals surface area contributed by atoms with E-state index in [1.54, 1.807) is 0 Å². The molecular formula is C19H32O6. The van der Waals surface area contributed by atoms with E-state index in [0.717, 1.165) is 19.3 Å². The van der Waals surface area contributed by atoms with Gasteiger partial charge in [-0.1, -0.05) is 32.6 Å². The number of hydrogen-bond donors (Lipinski definition) is 2. The van der Waals surface area contributed by atoms with Gasteiger partial charge in [-0.3, -0.25) is 4.79 Å². The third-order valence-corrected chi connectivity index (χ3v) is 5.60. The summed E-state index contributed by atoms with van der Waals surface area (Å²) in [6.07, 6.45) is 6.70. The summed E-state index contributed by atoms with van der Waals surface area (Å²) in [5.41, 5.74) is 0. The molecule has 3 aliphatic rings. The van der Waals surface area contributed by atoms with Crippen molar-refractivity contribution < 1.29 is 29.2 Å². The molecule has 3 saturated heterocycles. The Labute approximate surface area is 149 Å². The molecule has 0 aromatic heterocycles. The Morgan fingerprint density at radius 1 is 1.20 bits per heavy atom. The third kappa shape index (κ3) is 4.94. The molecule has 0 aromatic rings. The van der Waals surface area contributed by atoms with Crippen LogP contribution in [0.1, 0.15) is 77.6 Å². The second kappa shape index (κ2) is 8.33. The topological polar surface area (TPSA) is 85.2 Å². The van der Waals surface area contributed by atoms with Crippen molar-refractivity contribution in [2.75, 3.05) is 0 Å². The zero-order chi connectivity index (χ0) is 17.9. The molecule has 6 nitrogen and oxygen atoms in total. The van der Waals surface area contributed by atoms with E-state index in [1.807, 2.05) is 0 Å². The van der Waals surface area contributed by atoms with Gasteiger partial charge in [0.15, 0.2) is 5.79 Å².